The molecule has 1 unspecified atom stereocenters. The number of benzene rings is 4. The summed E-state index contributed by atoms with van der Waals surface area (Å²) >= 11 is 3.44. The minimum Gasteiger partial charge on any atom is -0.489 e. The summed E-state index contributed by atoms with van der Waals surface area (Å²) < 4.78 is 37.1. The third kappa shape index (κ3) is 5.20. The number of nitriles is 1. The molecule has 0 saturated heterocycles. The van der Waals surface area contributed by atoms with Crippen molar-refractivity contribution in [1.82, 2.24) is 0 Å². The van der Waals surface area contributed by atoms with Crippen LogP contribution in [0.4, 0.5) is 4.39 Å². The van der Waals surface area contributed by atoms with Gasteiger partial charge in [-0.2, -0.15) is 5.26 Å². The van der Waals surface area contributed by atoms with E-state index in [1.165, 1.54) is 12.1 Å². The molecule has 9 heteroatoms. The maximum atomic E-state index is 13.2. The number of halogens is 2. The predicted molar refractivity (Wildman–Crippen MR) is 157 cm³/mol. The number of fused-ring (bicyclic) bond motifs is 2. The third-order valence-electron chi connectivity index (χ3n) is 7.02. The number of nitrogens with two attached hydrogens (primary N) is 1. The first-order valence-electron chi connectivity index (χ1n) is 12.9. The lowest BCUT2D eigenvalue weighted by Crippen LogP contribution is -2.21. The number of carbonyl (C=O) groups is 1. The molecule has 0 aliphatic carbocycles. The van der Waals surface area contributed by atoms with Crippen molar-refractivity contribution in [2.75, 3.05) is 0 Å². The molecular weight excluding hydrogens is 603 g/mol. The quantitative estimate of drug-likeness (QED) is 0.153. The second kappa shape index (κ2) is 11.1. The van der Waals surface area contributed by atoms with Gasteiger partial charge in [0.25, 0.3) is 0 Å². The van der Waals surface area contributed by atoms with Gasteiger partial charge in [-0.05, 0) is 66.6 Å². The smallest absolute Gasteiger partial charge is 0.379 e. The van der Waals surface area contributed by atoms with Crippen LogP contribution < -0.4 is 19.9 Å². The van der Waals surface area contributed by atoms with Crippen molar-refractivity contribution in [3.63, 3.8) is 0 Å². The van der Waals surface area contributed by atoms with Gasteiger partial charge in [-0.1, -0.05) is 46.3 Å². The molecule has 5 aromatic rings. The molecule has 0 radical (unpaired) electrons. The fourth-order valence-electron chi connectivity index (χ4n) is 4.89. The molecule has 2 N–H and O–H groups in total. The standard InChI is InChI=1S/C33H22BrFN2O5/c1-18-26-14-21(34)6-13-28(26)41-31(18)33(38)40-24-11-12-25-29(15-24)42-32(37)27(16-36)30(25)20-4-9-23(10-5-20)39-17-19-2-7-22(35)8-3-19/h2-15,30H,17,37H2,1H3. The first kappa shape index (κ1) is 27.1. The fraction of sp³-hybridized carbons (Fsp3) is 0.0909. The largest absolute Gasteiger partial charge is 0.489 e. The Kier molecular flexibility index (Phi) is 7.15. The van der Waals surface area contributed by atoms with Crippen molar-refractivity contribution in [3.05, 3.63) is 135 Å². The minimum absolute atomic E-state index is 0.0335. The number of rotatable bonds is 6. The summed E-state index contributed by atoms with van der Waals surface area (Å²) in [6, 6.07) is 26.0. The van der Waals surface area contributed by atoms with Gasteiger partial charge in [-0.15, -0.1) is 0 Å². The summed E-state index contributed by atoms with van der Waals surface area (Å²) in [5, 5.41) is 10.7. The summed E-state index contributed by atoms with van der Waals surface area (Å²) in [7, 11) is 0. The maximum absolute atomic E-state index is 13.2. The van der Waals surface area contributed by atoms with Gasteiger partial charge >= 0.3 is 5.97 Å². The fourth-order valence-corrected chi connectivity index (χ4v) is 5.25. The predicted octanol–water partition coefficient (Wildman–Crippen LogP) is 7.66. The van der Waals surface area contributed by atoms with Crippen LogP contribution >= 0.6 is 15.9 Å². The van der Waals surface area contributed by atoms with Gasteiger partial charge in [-0.3, -0.25) is 0 Å². The summed E-state index contributed by atoms with van der Waals surface area (Å²) in [6.45, 7) is 2.08. The lowest BCUT2D eigenvalue weighted by Gasteiger charge is -2.26. The van der Waals surface area contributed by atoms with Crippen LogP contribution in [0.1, 0.15) is 38.7 Å². The molecule has 0 bridgehead atoms. The van der Waals surface area contributed by atoms with Crippen molar-refractivity contribution in [2.24, 2.45) is 5.73 Å². The second-order valence-corrected chi connectivity index (χ2v) is 10.6. The van der Waals surface area contributed by atoms with Crippen molar-refractivity contribution in [1.29, 1.82) is 5.26 Å². The molecular formula is C33H22BrFN2O5. The van der Waals surface area contributed by atoms with Crippen LogP contribution in [0, 0.1) is 24.1 Å². The van der Waals surface area contributed by atoms with Gasteiger partial charge in [0.05, 0.1) is 5.92 Å². The molecule has 1 aromatic heterocycles. The Morgan fingerprint density at radius 2 is 1.76 bits per heavy atom. The van der Waals surface area contributed by atoms with Crippen molar-refractivity contribution >= 4 is 32.9 Å². The van der Waals surface area contributed by atoms with Crippen LogP contribution in [0.3, 0.4) is 0 Å². The third-order valence-corrected chi connectivity index (χ3v) is 7.51. The average molecular weight is 625 g/mol. The van der Waals surface area contributed by atoms with E-state index in [9.17, 15) is 14.4 Å². The van der Waals surface area contributed by atoms with E-state index >= 15 is 0 Å². The summed E-state index contributed by atoms with van der Waals surface area (Å²) in [6.07, 6.45) is 0. The number of allylic oxidation sites excluding steroid dienone is 1. The molecule has 208 valence electrons. The number of hydrogen-bond donors (Lipinski definition) is 1. The maximum Gasteiger partial charge on any atom is 0.379 e. The topological polar surface area (TPSA) is 108 Å². The number of carbonyl (C=O) groups excluding carboxylic acids is 1. The number of nitrogens with zero attached hydrogens (tertiary/aromatic N) is 1. The molecule has 0 fully saturated rings. The number of furan rings is 1. The molecule has 2 heterocycles. The number of hydrogen-bond acceptors (Lipinski definition) is 7. The highest BCUT2D eigenvalue weighted by Gasteiger charge is 2.31. The van der Waals surface area contributed by atoms with Gasteiger partial charge in [-0.25, -0.2) is 9.18 Å². The molecule has 1 aliphatic heterocycles. The molecule has 0 saturated carbocycles. The molecule has 0 spiro atoms. The van der Waals surface area contributed by atoms with Crippen LogP contribution in [0.25, 0.3) is 11.0 Å². The first-order chi connectivity index (χ1) is 20.3. The minimum atomic E-state index is -0.649. The summed E-state index contributed by atoms with van der Waals surface area (Å²) in [4.78, 5) is 13.0. The van der Waals surface area contributed by atoms with Gasteiger partial charge in [0, 0.05) is 27.1 Å². The zero-order chi connectivity index (χ0) is 29.4. The zero-order valence-electron chi connectivity index (χ0n) is 22.2. The van der Waals surface area contributed by atoms with E-state index < -0.39 is 11.9 Å². The van der Waals surface area contributed by atoms with Gasteiger partial charge in [0.15, 0.2) is 0 Å². The molecule has 42 heavy (non-hydrogen) atoms. The van der Waals surface area contributed by atoms with Crippen LogP contribution in [0.2, 0.25) is 0 Å². The number of esters is 1. The molecule has 4 aromatic carbocycles. The van der Waals surface area contributed by atoms with E-state index in [1.807, 2.05) is 24.3 Å². The molecule has 1 aliphatic rings. The van der Waals surface area contributed by atoms with Crippen molar-refractivity contribution in [3.8, 4) is 23.3 Å². The molecule has 1 atom stereocenters. The monoisotopic (exact) mass is 624 g/mol. The Morgan fingerprint density at radius 3 is 2.50 bits per heavy atom. The highest BCUT2D eigenvalue weighted by molar-refractivity contribution is 9.10. The molecule has 7 nitrogen and oxygen atoms in total. The number of ether oxygens (including phenoxy) is 3. The normalized spacial score (nSPS) is 14.2. The lowest BCUT2D eigenvalue weighted by molar-refractivity contribution is 0.0702. The van der Waals surface area contributed by atoms with Crippen LogP contribution in [0.15, 0.2) is 105 Å². The Labute approximate surface area is 248 Å². The van der Waals surface area contributed by atoms with Crippen LogP contribution in [-0.2, 0) is 6.61 Å². The lowest BCUT2D eigenvalue weighted by atomic mass is 9.83. The van der Waals surface area contributed by atoms with Crippen LogP contribution in [0.5, 0.6) is 17.2 Å². The Morgan fingerprint density at radius 1 is 1.02 bits per heavy atom. The Bertz CT molecular complexity index is 1910. The second-order valence-electron chi connectivity index (χ2n) is 9.69. The summed E-state index contributed by atoms with van der Waals surface area (Å²) in [5.41, 5.74) is 9.98. The molecule has 6 rings (SSSR count). The van der Waals surface area contributed by atoms with Gasteiger partial charge < -0.3 is 24.4 Å². The van der Waals surface area contributed by atoms with E-state index in [1.54, 1.807) is 55.5 Å². The van der Waals surface area contributed by atoms with Gasteiger partial charge in [0.1, 0.15) is 46.9 Å². The van der Waals surface area contributed by atoms with Crippen molar-refractivity contribution in [2.45, 2.75) is 19.4 Å². The van der Waals surface area contributed by atoms with E-state index in [4.69, 9.17) is 24.4 Å². The Balaban J connectivity index is 1.24. The van der Waals surface area contributed by atoms with E-state index in [-0.39, 0.29) is 35.4 Å². The number of aryl methyl sites for hydroxylation is 1. The highest BCUT2D eigenvalue weighted by Crippen LogP contribution is 2.44. The van der Waals surface area contributed by atoms with Crippen LogP contribution in [-0.4, -0.2) is 5.97 Å². The average Bonchev–Trinajstić information content (AvgIpc) is 3.32. The van der Waals surface area contributed by atoms with Gasteiger partial charge in [0.2, 0.25) is 11.6 Å². The first-order valence-corrected chi connectivity index (χ1v) is 13.7. The van der Waals surface area contributed by atoms with E-state index in [0.717, 1.165) is 21.0 Å². The SMILES string of the molecule is Cc1c(C(=O)Oc2ccc3c(c2)OC(N)=C(C#N)C3c2ccc(OCc3ccc(F)cc3)cc2)oc2ccc(Br)cc12. The van der Waals surface area contributed by atoms with E-state index in [0.29, 0.717) is 28.2 Å². The Hall–Kier alpha value is -5.07. The highest BCUT2D eigenvalue weighted by atomic mass is 79.9. The summed E-state index contributed by atoms with van der Waals surface area (Å²) in [5.74, 6) is -0.182. The van der Waals surface area contributed by atoms with Crippen molar-refractivity contribution < 1.29 is 27.8 Å². The molecule has 0 amide bonds. The van der Waals surface area contributed by atoms with E-state index in [2.05, 4.69) is 22.0 Å². The zero-order valence-corrected chi connectivity index (χ0v) is 23.8.